The summed E-state index contributed by atoms with van der Waals surface area (Å²) in [4.78, 5) is 14.6. The summed E-state index contributed by atoms with van der Waals surface area (Å²) >= 11 is 0. The van der Waals surface area contributed by atoms with Crippen molar-refractivity contribution in [1.29, 1.82) is 0 Å². The van der Waals surface area contributed by atoms with Crippen LogP contribution in [0.5, 0.6) is 0 Å². The molecule has 0 saturated heterocycles. The van der Waals surface area contributed by atoms with Crippen molar-refractivity contribution in [3.8, 4) is 0 Å². The van der Waals surface area contributed by atoms with Crippen LogP contribution in [0.25, 0.3) is 0 Å². The Labute approximate surface area is 234 Å². The molecule has 38 heavy (non-hydrogen) atoms. The highest BCUT2D eigenvalue weighted by Gasteiger charge is 2.59. The van der Waals surface area contributed by atoms with Crippen molar-refractivity contribution < 1.29 is 14.3 Å². The summed E-state index contributed by atoms with van der Waals surface area (Å²) in [5, 5.41) is 0. The smallest absolute Gasteiger partial charge is 0.431 e. The van der Waals surface area contributed by atoms with Gasteiger partial charge in [0.15, 0.2) is 0 Å². The van der Waals surface area contributed by atoms with Crippen LogP contribution in [0.2, 0.25) is 0 Å². The first kappa shape index (κ1) is 29.9. The van der Waals surface area contributed by atoms with Crippen LogP contribution in [0, 0.1) is 52.3 Å². The minimum atomic E-state index is -0.476. The van der Waals surface area contributed by atoms with Crippen LogP contribution in [0.4, 0.5) is 4.79 Å². The average Bonchev–Trinajstić information content (AvgIpc) is 3.20. The standard InChI is InChI=1S/C34H59NO3/c1-23(2)10-9-11-24(3)29-14-15-30-28-13-12-26-22-27(38-32(36)37-25(4)18-21-35(7)8)16-19-33(26,5)31(28)17-20-34(29,30)6/h12-13,23-31H,9-11,14-22H2,1-8H3/t24-,25?,26?,27?,28+,29-,30+,31+,33+,34-/m0/s1. The Bertz CT molecular complexity index is 823. The zero-order chi connectivity index (χ0) is 27.7. The molecular weight excluding hydrogens is 470 g/mol. The van der Waals surface area contributed by atoms with E-state index < -0.39 is 6.16 Å². The van der Waals surface area contributed by atoms with Gasteiger partial charge in [0.25, 0.3) is 0 Å². The third-order valence-electron chi connectivity index (χ3n) is 11.9. The monoisotopic (exact) mass is 529 g/mol. The van der Waals surface area contributed by atoms with Gasteiger partial charge in [-0.15, -0.1) is 0 Å². The lowest BCUT2D eigenvalue weighted by molar-refractivity contribution is -0.0900. The van der Waals surface area contributed by atoms with Gasteiger partial charge >= 0.3 is 6.16 Å². The van der Waals surface area contributed by atoms with Gasteiger partial charge in [-0.2, -0.15) is 0 Å². The highest BCUT2D eigenvalue weighted by Crippen LogP contribution is 2.67. The normalized spacial score (nSPS) is 39.8. The molecule has 4 rings (SSSR count). The third-order valence-corrected chi connectivity index (χ3v) is 11.9. The first-order valence-electron chi connectivity index (χ1n) is 16.1. The highest BCUT2D eigenvalue weighted by molar-refractivity contribution is 5.60. The van der Waals surface area contributed by atoms with Gasteiger partial charge in [0.1, 0.15) is 12.2 Å². The van der Waals surface area contributed by atoms with Crippen molar-refractivity contribution in [2.45, 2.75) is 124 Å². The maximum Gasteiger partial charge on any atom is 0.508 e. The minimum absolute atomic E-state index is 0.0146. The second kappa shape index (κ2) is 12.2. The zero-order valence-corrected chi connectivity index (χ0v) is 26.0. The number of rotatable bonds is 10. The number of carbonyl (C=O) groups excluding carboxylic acids is 1. The predicted molar refractivity (Wildman–Crippen MR) is 157 cm³/mol. The predicted octanol–water partition coefficient (Wildman–Crippen LogP) is 8.75. The van der Waals surface area contributed by atoms with E-state index in [0.717, 1.165) is 67.7 Å². The molecule has 4 aliphatic carbocycles. The maximum atomic E-state index is 12.5. The second-order valence-electron chi connectivity index (χ2n) is 15.1. The van der Waals surface area contributed by atoms with Crippen LogP contribution in [-0.2, 0) is 9.47 Å². The van der Waals surface area contributed by atoms with E-state index in [4.69, 9.17) is 9.47 Å². The minimum Gasteiger partial charge on any atom is -0.431 e. The summed E-state index contributed by atoms with van der Waals surface area (Å²) in [6.07, 6.45) is 18.3. The summed E-state index contributed by atoms with van der Waals surface area (Å²) < 4.78 is 11.4. The molecule has 3 unspecified atom stereocenters. The zero-order valence-electron chi connectivity index (χ0n) is 26.0. The molecule has 3 fully saturated rings. The van der Waals surface area contributed by atoms with Gasteiger partial charge in [-0.1, -0.05) is 66.0 Å². The molecule has 0 spiro atoms. The fourth-order valence-electron chi connectivity index (χ4n) is 9.54. The lowest BCUT2D eigenvalue weighted by atomic mass is 9.46. The summed E-state index contributed by atoms with van der Waals surface area (Å²) in [5.41, 5.74) is 0.851. The maximum absolute atomic E-state index is 12.5. The van der Waals surface area contributed by atoms with Gasteiger partial charge in [-0.3, -0.25) is 0 Å². The van der Waals surface area contributed by atoms with Crippen LogP contribution < -0.4 is 0 Å². The Morgan fingerprint density at radius 3 is 2.34 bits per heavy atom. The molecule has 0 aromatic carbocycles. The van der Waals surface area contributed by atoms with Crippen LogP contribution in [-0.4, -0.2) is 43.9 Å². The van der Waals surface area contributed by atoms with Crippen molar-refractivity contribution in [1.82, 2.24) is 4.90 Å². The lowest BCUT2D eigenvalue weighted by Gasteiger charge is -2.59. The Hall–Kier alpha value is -1.03. The van der Waals surface area contributed by atoms with E-state index in [1.807, 2.05) is 21.0 Å². The number of carbonyl (C=O) groups is 1. The molecule has 0 amide bonds. The van der Waals surface area contributed by atoms with Crippen molar-refractivity contribution in [3.63, 3.8) is 0 Å². The Balaban J connectivity index is 1.35. The molecule has 0 aromatic rings. The number of hydrogen-bond donors (Lipinski definition) is 0. The number of fused-ring (bicyclic) bond motifs is 5. The van der Waals surface area contributed by atoms with Crippen molar-refractivity contribution in [2.24, 2.45) is 52.3 Å². The van der Waals surface area contributed by atoms with Gasteiger partial charge in [-0.25, -0.2) is 4.79 Å². The van der Waals surface area contributed by atoms with Crippen molar-refractivity contribution in [3.05, 3.63) is 12.2 Å². The Morgan fingerprint density at radius 2 is 1.63 bits per heavy atom. The fourth-order valence-corrected chi connectivity index (χ4v) is 9.54. The molecule has 10 atom stereocenters. The molecule has 0 aromatic heterocycles. The van der Waals surface area contributed by atoms with Crippen LogP contribution in [0.15, 0.2) is 12.2 Å². The van der Waals surface area contributed by atoms with Crippen LogP contribution in [0.1, 0.15) is 112 Å². The number of hydrogen-bond acceptors (Lipinski definition) is 4. The molecule has 0 aliphatic heterocycles. The molecule has 4 aliphatic rings. The molecule has 3 saturated carbocycles. The van der Waals surface area contributed by atoms with E-state index in [9.17, 15) is 4.79 Å². The Morgan fingerprint density at radius 1 is 0.921 bits per heavy atom. The van der Waals surface area contributed by atoms with E-state index in [2.05, 4.69) is 51.7 Å². The summed E-state index contributed by atoms with van der Waals surface area (Å²) in [7, 11) is 4.08. The quantitative estimate of drug-likeness (QED) is 0.209. The van der Waals surface area contributed by atoms with E-state index >= 15 is 0 Å². The molecular formula is C34H59NO3. The number of nitrogens with zero attached hydrogens (tertiary/aromatic N) is 1. The topological polar surface area (TPSA) is 38.8 Å². The molecule has 4 nitrogen and oxygen atoms in total. The van der Waals surface area contributed by atoms with E-state index in [1.165, 1.54) is 44.9 Å². The first-order valence-corrected chi connectivity index (χ1v) is 16.1. The summed E-state index contributed by atoms with van der Waals surface area (Å²) in [6.45, 7) is 15.4. The van der Waals surface area contributed by atoms with Gasteiger partial charge in [0.2, 0.25) is 0 Å². The first-order chi connectivity index (χ1) is 17.9. The van der Waals surface area contributed by atoms with Crippen molar-refractivity contribution in [2.75, 3.05) is 20.6 Å². The number of allylic oxidation sites excluding steroid dienone is 2. The number of ether oxygens (including phenoxy) is 2. The van der Waals surface area contributed by atoms with Crippen LogP contribution in [0.3, 0.4) is 0 Å². The SMILES string of the molecule is CC(C)CCC[C@H](C)[C@@H]1CC[C@@H]2[C@H]3C=CC4CC(OC(=O)OC(C)CCN(C)C)CC[C@@]4(C)[C@@H]3CC[C@]21C. The molecule has 218 valence electrons. The summed E-state index contributed by atoms with van der Waals surface area (Å²) in [6, 6.07) is 0. The largest absolute Gasteiger partial charge is 0.508 e. The lowest BCUT2D eigenvalue weighted by Crippen LogP contribution is -2.52. The third kappa shape index (κ3) is 6.31. The molecule has 0 N–H and O–H groups in total. The van der Waals surface area contributed by atoms with E-state index in [1.54, 1.807) is 0 Å². The fraction of sp³-hybridized carbons (Fsp3) is 0.912. The average molecular weight is 530 g/mol. The van der Waals surface area contributed by atoms with Gasteiger partial charge < -0.3 is 14.4 Å². The van der Waals surface area contributed by atoms with E-state index in [0.29, 0.717) is 16.7 Å². The molecule has 4 heteroatoms. The molecule has 0 bridgehead atoms. The van der Waals surface area contributed by atoms with E-state index in [-0.39, 0.29) is 12.2 Å². The summed E-state index contributed by atoms with van der Waals surface area (Å²) in [5.74, 6) is 5.46. The molecule has 0 heterocycles. The highest BCUT2D eigenvalue weighted by atomic mass is 16.7. The van der Waals surface area contributed by atoms with Crippen LogP contribution >= 0.6 is 0 Å². The Kier molecular flexibility index (Phi) is 9.64. The van der Waals surface area contributed by atoms with Gasteiger partial charge in [0.05, 0.1) is 0 Å². The van der Waals surface area contributed by atoms with Crippen molar-refractivity contribution >= 4 is 6.16 Å². The van der Waals surface area contributed by atoms with Gasteiger partial charge in [-0.05, 0) is 125 Å². The molecule has 0 radical (unpaired) electrons. The second-order valence-corrected chi connectivity index (χ2v) is 15.1. The van der Waals surface area contributed by atoms with Gasteiger partial charge in [0, 0.05) is 6.54 Å².